The van der Waals surface area contributed by atoms with Crippen molar-refractivity contribution in [3.05, 3.63) is 68.4 Å². The van der Waals surface area contributed by atoms with Crippen molar-refractivity contribution in [3.63, 3.8) is 0 Å². The van der Waals surface area contributed by atoms with Crippen molar-refractivity contribution in [1.82, 2.24) is 0 Å². The zero-order valence-electron chi connectivity index (χ0n) is 11.3. The second kappa shape index (κ2) is 5.43. The molecule has 0 aromatic heterocycles. The molecule has 0 aliphatic carbocycles. The summed E-state index contributed by atoms with van der Waals surface area (Å²) in [6.07, 6.45) is 0. The van der Waals surface area contributed by atoms with Gasteiger partial charge >= 0.3 is 0 Å². The molecule has 2 N–H and O–H groups in total. The quantitative estimate of drug-likeness (QED) is 0.862. The molecule has 2 aromatic carbocycles. The Morgan fingerprint density at radius 3 is 2.37 bits per heavy atom. The lowest BCUT2D eigenvalue weighted by atomic mass is 9.93. The van der Waals surface area contributed by atoms with Gasteiger partial charge in [-0.05, 0) is 49.6 Å². The summed E-state index contributed by atoms with van der Waals surface area (Å²) in [7, 11) is 0. The standard InChI is InChI=1S/C16H17BrFN/c1-9-4-5-13(17)12(7-9)16(19)15-11(3)6-10(2)8-14(15)18/h4-8,16H,19H2,1-3H3. The van der Waals surface area contributed by atoms with Crippen molar-refractivity contribution < 1.29 is 4.39 Å². The lowest BCUT2D eigenvalue weighted by Crippen LogP contribution is -2.16. The molecule has 100 valence electrons. The first kappa shape index (κ1) is 14.2. The molecule has 0 saturated carbocycles. The molecule has 0 fully saturated rings. The molecule has 2 aromatic rings. The van der Waals surface area contributed by atoms with E-state index < -0.39 is 6.04 Å². The van der Waals surface area contributed by atoms with Crippen molar-refractivity contribution in [2.45, 2.75) is 26.8 Å². The van der Waals surface area contributed by atoms with Gasteiger partial charge in [-0.1, -0.05) is 39.7 Å². The molecular weight excluding hydrogens is 305 g/mol. The average molecular weight is 322 g/mol. The Balaban J connectivity index is 2.56. The van der Waals surface area contributed by atoms with Crippen LogP contribution in [0.3, 0.4) is 0 Å². The molecule has 0 radical (unpaired) electrons. The van der Waals surface area contributed by atoms with Crippen LogP contribution in [0.15, 0.2) is 34.8 Å². The van der Waals surface area contributed by atoms with E-state index in [2.05, 4.69) is 15.9 Å². The van der Waals surface area contributed by atoms with Crippen LogP contribution in [0.5, 0.6) is 0 Å². The SMILES string of the molecule is Cc1cc(C)c(C(N)c2cc(C)ccc2Br)c(F)c1. The van der Waals surface area contributed by atoms with Gasteiger partial charge in [-0.3, -0.25) is 0 Å². The van der Waals surface area contributed by atoms with Gasteiger partial charge in [-0.25, -0.2) is 4.39 Å². The van der Waals surface area contributed by atoms with Crippen LogP contribution < -0.4 is 5.73 Å². The highest BCUT2D eigenvalue weighted by Crippen LogP contribution is 2.31. The number of benzene rings is 2. The largest absolute Gasteiger partial charge is 0.320 e. The number of aryl methyl sites for hydroxylation is 3. The number of nitrogens with two attached hydrogens (primary N) is 1. The molecule has 2 rings (SSSR count). The molecule has 0 spiro atoms. The molecule has 0 bridgehead atoms. The first-order valence-corrected chi connectivity index (χ1v) is 6.97. The van der Waals surface area contributed by atoms with E-state index in [-0.39, 0.29) is 5.82 Å². The van der Waals surface area contributed by atoms with Gasteiger partial charge in [0.15, 0.2) is 0 Å². The maximum absolute atomic E-state index is 14.2. The predicted molar refractivity (Wildman–Crippen MR) is 80.8 cm³/mol. The van der Waals surface area contributed by atoms with Crippen LogP contribution in [0.4, 0.5) is 4.39 Å². The second-order valence-electron chi connectivity index (χ2n) is 4.98. The zero-order chi connectivity index (χ0) is 14.2. The highest BCUT2D eigenvalue weighted by Gasteiger charge is 2.18. The maximum atomic E-state index is 14.2. The number of hydrogen-bond acceptors (Lipinski definition) is 1. The van der Waals surface area contributed by atoms with E-state index in [0.717, 1.165) is 26.7 Å². The van der Waals surface area contributed by atoms with Gasteiger partial charge < -0.3 is 5.73 Å². The monoisotopic (exact) mass is 321 g/mol. The molecule has 1 unspecified atom stereocenters. The van der Waals surface area contributed by atoms with Crippen LogP contribution in [0, 0.1) is 26.6 Å². The summed E-state index contributed by atoms with van der Waals surface area (Å²) in [6, 6.07) is 8.97. The van der Waals surface area contributed by atoms with Crippen molar-refractivity contribution in [1.29, 1.82) is 0 Å². The van der Waals surface area contributed by atoms with Gasteiger partial charge in [0, 0.05) is 10.0 Å². The van der Waals surface area contributed by atoms with E-state index in [1.807, 2.05) is 45.0 Å². The van der Waals surface area contributed by atoms with Gasteiger partial charge in [-0.15, -0.1) is 0 Å². The van der Waals surface area contributed by atoms with E-state index in [1.165, 1.54) is 6.07 Å². The highest BCUT2D eigenvalue weighted by atomic mass is 79.9. The Bertz CT molecular complexity index is 599. The first-order valence-electron chi connectivity index (χ1n) is 6.18. The van der Waals surface area contributed by atoms with Crippen LogP contribution in [0.1, 0.15) is 33.9 Å². The number of hydrogen-bond donors (Lipinski definition) is 1. The average Bonchev–Trinajstić information content (AvgIpc) is 2.30. The van der Waals surface area contributed by atoms with Gasteiger partial charge in [-0.2, -0.15) is 0 Å². The zero-order valence-corrected chi connectivity index (χ0v) is 12.9. The van der Waals surface area contributed by atoms with Crippen molar-refractivity contribution >= 4 is 15.9 Å². The fourth-order valence-corrected chi connectivity index (χ4v) is 2.87. The van der Waals surface area contributed by atoms with Gasteiger partial charge in [0.25, 0.3) is 0 Å². The highest BCUT2D eigenvalue weighted by molar-refractivity contribution is 9.10. The summed E-state index contributed by atoms with van der Waals surface area (Å²) in [5, 5.41) is 0. The molecule has 0 saturated heterocycles. The van der Waals surface area contributed by atoms with Crippen LogP contribution in [0.25, 0.3) is 0 Å². The normalized spacial score (nSPS) is 12.5. The summed E-state index contributed by atoms with van der Waals surface area (Å²) in [5.74, 6) is -0.238. The molecule has 0 amide bonds. The number of rotatable bonds is 2. The van der Waals surface area contributed by atoms with Crippen LogP contribution in [-0.2, 0) is 0 Å². The second-order valence-corrected chi connectivity index (χ2v) is 5.83. The molecule has 0 aliphatic heterocycles. The van der Waals surface area contributed by atoms with Crippen molar-refractivity contribution in [2.75, 3.05) is 0 Å². The molecule has 0 heterocycles. The van der Waals surface area contributed by atoms with E-state index >= 15 is 0 Å². The third kappa shape index (κ3) is 2.88. The maximum Gasteiger partial charge on any atom is 0.128 e. The Kier molecular flexibility index (Phi) is 4.07. The minimum atomic E-state index is -0.463. The molecule has 1 nitrogen and oxygen atoms in total. The molecule has 1 atom stereocenters. The van der Waals surface area contributed by atoms with Gasteiger partial charge in [0.2, 0.25) is 0 Å². The summed E-state index contributed by atoms with van der Waals surface area (Å²) in [6.45, 7) is 5.78. The lowest BCUT2D eigenvalue weighted by molar-refractivity contribution is 0.595. The summed E-state index contributed by atoms with van der Waals surface area (Å²) in [5.41, 5.74) is 10.7. The van der Waals surface area contributed by atoms with E-state index in [0.29, 0.717) is 5.56 Å². The summed E-state index contributed by atoms with van der Waals surface area (Å²) >= 11 is 3.49. The fourth-order valence-electron chi connectivity index (χ4n) is 2.38. The Morgan fingerprint density at radius 2 is 1.74 bits per heavy atom. The fraction of sp³-hybridized carbons (Fsp3) is 0.250. The molecular formula is C16H17BrFN. The van der Waals surface area contributed by atoms with Crippen LogP contribution in [-0.4, -0.2) is 0 Å². The van der Waals surface area contributed by atoms with Crippen molar-refractivity contribution in [2.24, 2.45) is 5.73 Å². The van der Waals surface area contributed by atoms with Crippen LogP contribution >= 0.6 is 15.9 Å². The molecule has 19 heavy (non-hydrogen) atoms. The Hall–Kier alpha value is -1.19. The predicted octanol–water partition coefficient (Wildman–Crippen LogP) is 4.56. The van der Waals surface area contributed by atoms with Crippen LogP contribution in [0.2, 0.25) is 0 Å². The summed E-state index contributed by atoms with van der Waals surface area (Å²) in [4.78, 5) is 0. The van der Waals surface area contributed by atoms with Gasteiger partial charge in [0.05, 0.1) is 6.04 Å². The third-order valence-electron chi connectivity index (χ3n) is 3.28. The van der Waals surface area contributed by atoms with E-state index in [4.69, 9.17) is 5.73 Å². The molecule has 0 aliphatic rings. The number of halogens is 2. The summed E-state index contributed by atoms with van der Waals surface area (Å²) < 4.78 is 15.1. The minimum absolute atomic E-state index is 0.238. The lowest BCUT2D eigenvalue weighted by Gasteiger charge is -2.18. The smallest absolute Gasteiger partial charge is 0.128 e. The van der Waals surface area contributed by atoms with E-state index in [9.17, 15) is 4.39 Å². The minimum Gasteiger partial charge on any atom is -0.320 e. The molecule has 3 heteroatoms. The first-order chi connectivity index (χ1) is 8.90. The Labute approximate surface area is 121 Å². The topological polar surface area (TPSA) is 26.0 Å². The Morgan fingerprint density at radius 1 is 1.05 bits per heavy atom. The van der Waals surface area contributed by atoms with E-state index in [1.54, 1.807) is 0 Å². The third-order valence-corrected chi connectivity index (χ3v) is 4.00. The van der Waals surface area contributed by atoms with Gasteiger partial charge in [0.1, 0.15) is 5.82 Å². The van der Waals surface area contributed by atoms with Crippen molar-refractivity contribution in [3.8, 4) is 0 Å².